The number of benzene rings is 1. The summed E-state index contributed by atoms with van der Waals surface area (Å²) >= 11 is 0. The number of aromatic nitrogens is 2. The molecule has 1 aromatic carbocycles. The van der Waals surface area contributed by atoms with Crippen molar-refractivity contribution in [3.63, 3.8) is 0 Å². The number of carbonyl (C=O) groups is 2. The van der Waals surface area contributed by atoms with E-state index in [0.717, 1.165) is 11.3 Å². The Balaban J connectivity index is 1.69. The minimum Gasteiger partial charge on any atom is -0.391 e. The highest BCUT2D eigenvalue weighted by atomic mass is 16.3. The topological polar surface area (TPSA) is 98.3 Å². The molecule has 1 fully saturated rings. The van der Waals surface area contributed by atoms with Gasteiger partial charge in [0.05, 0.1) is 11.8 Å². The first-order chi connectivity index (χ1) is 11.0. The lowest BCUT2D eigenvalue weighted by molar-refractivity contribution is -0.134. The van der Waals surface area contributed by atoms with Crippen LogP contribution >= 0.6 is 0 Å². The number of β-amino-alcohol motifs (C(OH)–C–C–N with tert-alkyl or cyclic N) is 1. The average molecular weight is 314 g/mol. The Morgan fingerprint density at radius 3 is 2.65 bits per heavy atom. The molecule has 0 radical (unpaired) electrons. The van der Waals surface area contributed by atoms with Crippen molar-refractivity contribution in [1.29, 1.82) is 0 Å². The molecule has 1 saturated heterocycles. The number of amides is 2. The predicted octanol–water partition coefficient (Wildman–Crippen LogP) is 0.997. The summed E-state index contributed by atoms with van der Waals surface area (Å²) < 4.78 is 0. The van der Waals surface area contributed by atoms with Crippen LogP contribution < -0.4 is 5.32 Å². The first-order valence-electron chi connectivity index (χ1n) is 7.40. The number of aromatic amines is 1. The zero-order chi connectivity index (χ0) is 16.4. The van der Waals surface area contributed by atoms with Crippen LogP contribution in [-0.4, -0.2) is 50.7 Å². The number of H-pyrrole nitrogens is 1. The molecule has 1 aliphatic heterocycles. The van der Waals surface area contributed by atoms with E-state index < -0.39 is 12.1 Å². The van der Waals surface area contributed by atoms with Gasteiger partial charge in [-0.1, -0.05) is 12.1 Å². The summed E-state index contributed by atoms with van der Waals surface area (Å²) in [6.07, 6.45) is 1.28. The van der Waals surface area contributed by atoms with E-state index in [1.54, 1.807) is 18.3 Å². The van der Waals surface area contributed by atoms with Crippen LogP contribution in [0.5, 0.6) is 0 Å². The number of aliphatic hydroxyl groups excluding tert-OH is 1. The van der Waals surface area contributed by atoms with Gasteiger partial charge in [-0.25, -0.2) is 0 Å². The van der Waals surface area contributed by atoms with Crippen LogP contribution in [0.1, 0.15) is 13.3 Å². The molecule has 3 rings (SSSR count). The predicted molar refractivity (Wildman–Crippen MR) is 84.5 cm³/mol. The molecule has 7 heteroatoms. The molecular weight excluding hydrogens is 296 g/mol. The Kier molecular flexibility index (Phi) is 4.12. The van der Waals surface area contributed by atoms with Gasteiger partial charge in [0.2, 0.25) is 11.8 Å². The van der Waals surface area contributed by atoms with Crippen molar-refractivity contribution >= 4 is 17.5 Å². The van der Waals surface area contributed by atoms with Gasteiger partial charge >= 0.3 is 0 Å². The number of rotatable bonds is 3. The van der Waals surface area contributed by atoms with E-state index in [2.05, 4.69) is 15.5 Å². The van der Waals surface area contributed by atoms with E-state index >= 15 is 0 Å². The Morgan fingerprint density at radius 1 is 1.30 bits per heavy atom. The van der Waals surface area contributed by atoms with Crippen molar-refractivity contribution in [2.24, 2.45) is 0 Å². The smallest absolute Gasteiger partial charge is 0.247 e. The summed E-state index contributed by atoms with van der Waals surface area (Å²) in [4.78, 5) is 25.3. The molecule has 1 aliphatic rings. The van der Waals surface area contributed by atoms with Crippen molar-refractivity contribution in [3.05, 3.63) is 36.5 Å². The summed E-state index contributed by atoms with van der Waals surface area (Å²) in [5.41, 5.74) is 2.50. The van der Waals surface area contributed by atoms with Gasteiger partial charge in [-0.05, 0) is 23.8 Å². The number of nitrogens with zero attached hydrogens (tertiary/aromatic N) is 2. The molecule has 0 aliphatic carbocycles. The zero-order valence-corrected chi connectivity index (χ0v) is 12.7. The van der Waals surface area contributed by atoms with Gasteiger partial charge in [-0.2, -0.15) is 5.10 Å². The maximum atomic E-state index is 12.4. The molecule has 2 aromatic rings. The molecule has 7 nitrogen and oxygen atoms in total. The second-order valence-corrected chi connectivity index (χ2v) is 5.61. The Morgan fingerprint density at radius 2 is 2.04 bits per heavy atom. The van der Waals surface area contributed by atoms with Gasteiger partial charge in [0.1, 0.15) is 6.04 Å². The highest BCUT2D eigenvalue weighted by Gasteiger charge is 2.37. The highest BCUT2D eigenvalue weighted by molar-refractivity contribution is 5.97. The Hall–Kier alpha value is -2.67. The van der Waals surface area contributed by atoms with Crippen LogP contribution in [-0.2, 0) is 9.59 Å². The number of likely N-dealkylation sites (tertiary alicyclic amines) is 1. The lowest BCUT2D eigenvalue weighted by Crippen LogP contribution is -2.42. The fraction of sp³-hybridized carbons (Fsp3) is 0.312. The maximum Gasteiger partial charge on any atom is 0.247 e. The first-order valence-corrected chi connectivity index (χ1v) is 7.40. The molecule has 2 atom stereocenters. The summed E-state index contributed by atoms with van der Waals surface area (Å²) in [5, 5.41) is 19.3. The van der Waals surface area contributed by atoms with Crippen LogP contribution in [0.3, 0.4) is 0 Å². The molecule has 3 N–H and O–H groups in total. The van der Waals surface area contributed by atoms with Crippen LogP contribution in [0, 0.1) is 0 Å². The molecule has 0 bridgehead atoms. The zero-order valence-electron chi connectivity index (χ0n) is 12.7. The van der Waals surface area contributed by atoms with Gasteiger partial charge in [-0.15, -0.1) is 0 Å². The number of hydrogen-bond donors (Lipinski definition) is 3. The summed E-state index contributed by atoms with van der Waals surface area (Å²) in [5.74, 6) is -0.498. The first kappa shape index (κ1) is 15.2. The largest absolute Gasteiger partial charge is 0.391 e. The van der Waals surface area contributed by atoms with Crippen LogP contribution in [0.4, 0.5) is 5.69 Å². The van der Waals surface area contributed by atoms with Gasteiger partial charge in [0, 0.05) is 31.8 Å². The molecule has 2 heterocycles. The third-order valence-electron chi connectivity index (χ3n) is 3.95. The Bertz CT molecular complexity index is 697. The summed E-state index contributed by atoms with van der Waals surface area (Å²) in [6.45, 7) is 1.60. The number of carbonyl (C=O) groups excluding carboxylic acids is 2. The second-order valence-electron chi connectivity index (χ2n) is 5.61. The summed E-state index contributed by atoms with van der Waals surface area (Å²) in [7, 11) is 0. The molecular formula is C16H18N4O3. The van der Waals surface area contributed by atoms with Crippen LogP contribution in [0.15, 0.2) is 36.5 Å². The third kappa shape index (κ3) is 3.24. The van der Waals surface area contributed by atoms with Gasteiger partial charge < -0.3 is 15.3 Å². The standard InChI is InChI=1S/C16H18N4O3/c1-10(21)20-9-13(22)8-15(20)16(23)18-12-4-2-11(3-5-12)14-6-7-17-19-14/h2-7,13,15,22H,8-9H2,1H3,(H,17,19)(H,18,23)/t13-,15-/m1/s1. The van der Waals surface area contributed by atoms with E-state index in [1.807, 2.05) is 18.2 Å². The van der Waals surface area contributed by atoms with Crippen LogP contribution in [0.2, 0.25) is 0 Å². The molecule has 23 heavy (non-hydrogen) atoms. The monoisotopic (exact) mass is 314 g/mol. The number of hydrogen-bond acceptors (Lipinski definition) is 4. The van der Waals surface area contributed by atoms with Crippen molar-refractivity contribution in [2.45, 2.75) is 25.5 Å². The van der Waals surface area contributed by atoms with E-state index in [1.165, 1.54) is 11.8 Å². The van der Waals surface area contributed by atoms with E-state index in [-0.39, 0.29) is 24.8 Å². The van der Waals surface area contributed by atoms with Gasteiger partial charge in [-0.3, -0.25) is 14.7 Å². The number of aliphatic hydroxyl groups is 1. The van der Waals surface area contributed by atoms with E-state index in [0.29, 0.717) is 5.69 Å². The highest BCUT2D eigenvalue weighted by Crippen LogP contribution is 2.22. The number of nitrogens with one attached hydrogen (secondary N) is 2. The molecule has 0 spiro atoms. The minimum atomic E-state index is -0.655. The fourth-order valence-corrected chi connectivity index (χ4v) is 2.79. The fourth-order valence-electron chi connectivity index (χ4n) is 2.79. The van der Waals surface area contributed by atoms with Crippen molar-refractivity contribution in [3.8, 4) is 11.3 Å². The third-order valence-corrected chi connectivity index (χ3v) is 3.95. The minimum absolute atomic E-state index is 0.201. The summed E-state index contributed by atoms with van der Waals surface area (Å²) in [6, 6.07) is 8.55. The molecule has 1 aromatic heterocycles. The lowest BCUT2D eigenvalue weighted by atomic mass is 10.1. The van der Waals surface area contributed by atoms with Gasteiger partial charge in [0.15, 0.2) is 0 Å². The quantitative estimate of drug-likeness (QED) is 0.787. The molecule has 2 amide bonds. The second kappa shape index (κ2) is 6.21. The van der Waals surface area contributed by atoms with E-state index in [4.69, 9.17) is 0 Å². The maximum absolute atomic E-state index is 12.4. The molecule has 0 saturated carbocycles. The SMILES string of the molecule is CC(=O)N1C[C@H](O)C[C@@H]1C(=O)Nc1ccc(-c2ccn[nH]2)cc1. The van der Waals surface area contributed by atoms with E-state index in [9.17, 15) is 14.7 Å². The lowest BCUT2D eigenvalue weighted by Gasteiger charge is -2.22. The normalized spacial score (nSPS) is 20.5. The van der Waals surface area contributed by atoms with Crippen molar-refractivity contribution < 1.29 is 14.7 Å². The molecule has 120 valence electrons. The van der Waals surface area contributed by atoms with Gasteiger partial charge in [0.25, 0.3) is 0 Å². The number of anilines is 1. The molecule has 0 unspecified atom stereocenters. The van der Waals surface area contributed by atoms with Crippen LogP contribution in [0.25, 0.3) is 11.3 Å². The van der Waals surface area contributed by atoms with Crippen molar-refractivity contribution in [1.82, 2.24) is 15.1 Å². The average Bonchev–Trinajstić information content (AvgIpc) is 3.17. The Labute approximate surface area is 133 Å². The van der Waals surface area contributed by atoms with Crippen molar-refractivity contribution in [2.75, 3.05) is 11.9 Å².